The molecular weight excluding hydrogens is 308 g/mol. The normalized spacial score (nSPS) is 11.1. The summed E-state index contributed by atoms with van der Waals surface area (Å²) < 4.78 is 54.9. The van der Waals surface area contributed by atoms with Crippen LogP contribution in [0, 0.1) is 21.7 Å². The predicted octanol–water partition coefficient (Wildman–Crippen LogP) is 2.64. The van der Waals surface area contributed by atoms with Crippen molar-refractivity contribution in [2.24, 2.45) is 0 Å². The lowest BCUT2D eigenvalue weighted by atomic mass is 10.3. The Morgan fingerprint density at radius 3 is 2.38 bits per heavy atom. The summed E-state index contributed by atoms with van der Waals surface area (Å²) in [6.45, 7) is 0. The summed E-state index contributed by atoms with van der Waals surface area (Å²) in [4.78, 5) is 9.02. The van der Waals surface area contributed by atoms with Crippen molar-refractivity contribution in [1.82, 2.24) is 0 Å². The molecule has 0 unspecified atom stereocenters. The topological polar surface area (TPSA) is 86.5 Å². The molecule has 110 valence electrons. The highest BCUT2D eigenvalue weighted by atomic mass is 32.2. The first-order valence-corrected chi connectivity index (χ1v) is 6.85. The third kappa shape index (κ3) is 3.14. The molecule has 2 aromatic carbocycles. The van der Waals surface area contributed by atoms with Crippen LogP contribution in [0.2, 0.25) is 0 Å². The first-order valence-electron chi connectivity index (χ1n) is 5.44. The van der Waals surface area contributed by atoms with Crippen LogP contribution < -0.4 is 4.18 Å². The third-order valence-electron chi connectivity index (χ3n) is 2.42. The molecule has 6 nitrogen and oxygen atoms in total. The monoisotopic (exact) mass is 315 g/mol. The van der Waals surface area contributed by atoms with Crippen LogP contribution >= 0.6 is 0 Å². The molecule has 0 radical (unpaired) electrons. The van der Waals surface area contributed by atoms with Crippen molar-refractivity contribution in [3.05, 3.63) is 64.2 Å². The average molecular weight is 315 g/mol. The van der Waals surface area contributed by atoms with E-state index in [0.717, 1.165) is 24.3 Å². The van der Waals surface area contributed by atoms with Crippen molar-refractivity contribution in [1.29, 1.82) is 0 Å². The average Bonchev–Trinajstić information content (AvgIpc) is 2.38. The van der Waals surface area contributed by atoms with E-state index in [9.17, 15) is 27.3 Å². The van der Waals surface area contributed by atoms with Crippen molar-refractivity contribution in [2.75, 3.05) is 0 Å². The predicted molar refractivity (Wildman–Crippen MR) is 67.3 cm³/mol. The Bertz CT molecular complexity index is 807. The van der Waals surface area contributed by atoms with Gasteiger partial charge in [-0.2, -0.15) is 8.42 Å². The molecule has 0 saturated heterocycles. The molecule has 0 bridgehead atoms. The maximum atomic E-state index is 13.5. The summed E-state index contributed by atoms with van der Waals surface area (Å²) in [5.41, 5.74) is -0.753. The molecule has 0 aromatic heterocycles. The first kappa shape index (κ1) is 14.9. The Morgan fingerprint density at radius 2 is 1.76 bits per heavy atom. The number of hydrogen-bond acceptors (Lipinski definition) is 5. The zero-order valence-corrected chi connectivity index (χ0v) is 11.0. The lowest BCUT2D eigenvalue weighted by Crippen LogP contribution is -2.12. The van der Waals surface area contributed by atoms with Crippen molar-refractivity contribution in [3.8, 4) is 5.75 Å². The van der Waals surface area contributed by atoms with E-state index in [1.165, 1.54) is 12.1 Å². The quantitative estimate of drug-likeness (QED) is 0.492. The van der Waals surface area contributed by atoms with Crippen LogP contribution in [0.3, 0.4) is 0 Å². The zero-order valence-electron chi connectivity index (χ0n) is 10.2. The van der Waals surface area contributed by atoms with Gasteiger partial charge in [0, 0.05) is 12.1 Å². The standard InChI is InChI=1S/C12H7F2NO5S/c13-8-5-6-10(15(16)17)11(7-8)20-21(18,19)12-4-2-1-3-9(12)14/h1-7H. The Labute approximate surface area is 117 Å². The van der Waals surface area contributed by atoms with Gasteiger partial charge in [0.1, 0.15) is 16.5 Å². The summed E-state index contributed by atoms with van der Waals surface area (Å²) >= 11 is 0. The molecule has 0 amide bonds. The van der Waals surface area contributed by atoms with Crippen LogP contribution in [0.4, 0.5) is 14.5 Å². The highest BCUT2D eigenvalue weighted by Crippen LogP contribution is 2.30. The summed E-state index contributed by atoms with van der Waals surface area (Å²) in [5, 5.41) is 10.8. The van der Waals surface area contributed by atoms with Gasteiger partial charge in [0.05, 0.1) is 4.92 Å². The second-order valence-electron chi connectivity index (χ2n) is 3.84. The summed E-state index contributed by atoms with van der Waals surface area (Å²) in [5.74, 6) is -2.85. The molecule has 0 spiro atoms. The van der Waals surface area contributed by atoms with Crippen LogP contribution in [-0.4, -0.2) is 13.3 Å². The van der Waals surface area contributed by atoms with Crippen LogP contribution in [0.25, 0.3) is 0 Å². The van der Waals surface area contributed by atoms with Crippen molar-refractivity contribution in [3.63, 3.8) is 0 Å². The van der Waals surface area contributed by atoms with E-state index in [1.807, 2.05) is 0 Å². The molecule has 0 heterocycles. The van der Waals surface area contributed by atoms with Crippen molar-refractivity contribution in [2.45, 2.75) is 4.90 Å². The number of nitro benzene ring substituents is 1. The SMILES string of the molecule is O=[N+]([O-])c1ccc(F)cc1OS(=O)(=O)c1ccccc1F. The molecule has 0 aliphatic rings. The fourth-order valence-corrected chi connectivity index (χ4v) is 2.53. The van der Waals surface area contributed by atoms with Gasteiger partial charge in [-0.25, -0.2) is 8.78 Å². The maximum Gasteiger partial charge on any atom is 0.342 e. The smallest absolute Gasteiger partial charge is 0.342 e. The van der Waals surface area contributed by atoms with E-state index in [1.54, 1.807) is 0 Å². The third-order valence-corrected chi connectivity index (χ3v) is 3.69. The number of halogens is 2. The Hall–Kier alpha value is -2.55. The second-order valence-corrected chi connectivity index (χ2v) is 5.35. The molecule has 0 atom stereocenters. The molecule has 2 aromatic rings. The van der Waals surface area contributed by atoms with Gasteiger partial charge in [-0.1, -0.05) is 12.1 Å². The van der Waals surface area contributed by atoms with Gasteiger partial charge < -0.3 is 4.18 Å². The summed E-state index contributed by atoms with van der Waals surface area (Å²) in [6, 6.07) is 6.39. The van der Waals surface area contributed by atoms with Gasteiger partial charge in [-0.05, 0) is 18.2 Å². The van der Waals surface area contributed by atoms with Gasteiger partial charge in [0.2, 0.25) is 5.75 Å². The molecular formula is C12H7F2NO5S. The number of hydrogen-bond donors (Lipinski definition) is 0. The molecule has 21 heavy (non-hydrogen) atoms. The van der Waals surface area contributed by atoms with Gasteiger partial charge in [-0.3, -0.25) is 10.1 Å². The molecule has 0 N–H and O–H groups in total. The number of benzene rings is 2. The summed E-state index contributed by atoms with van der Waals surface area (Å²) in [6.07, 6.45) is 0. The van der Waals surface area contributed by atoms with Crippen LogP contribution in [0.5, 0.6) is 5.75 Å². The number of rotatable bonds is 4. The Kier molecular flexibility index (Phi) is 3.85. The van der Waals surface area contributed by atoms with Gasteiger partial charge in [0.15, 0.2) is 0 Å². The number of nitrogens with zero attached hydrogens (tertiary/aromatic N) is 1. The molecule has 0 fully saturated rings. The van der Waals surface area contributed by atoms with E-state index in [2.05, 4.69) is 4.18 Å². The lowest BCUT2D eigenvalue weighted by molar-refractivity contribution is -0.385. The van der Waals surface area contributed by atoms with Gasteiger partial charge in [-0.15, -0.1) is 0 Å². The fourth-order valence-electron chi connectivity index (χ4n) is 1.52. The number of nitro groups is 1. The Morgan fingerprint density at radius 1 is 1.10 bits per heavy atom. The van der Waals surface area contributed by atoms with Crippen LogP contribution in [-0.2, 0) is 10.1 Å². The maximum absolute atomic E-state index is 13.5. The largest absolute Gasteiger partial charge is 0.371 e. The minimum absolute atomic E-state index is 0.538. The van der Waals surface area contributed by atoms with Crippen LogP contribution in [0.15, 0.2) is 47.4 Å². The van der Waals surface area contributed by atoms with Crippen molar-refractivity contribution < 1.29 is 26.3 Å². The van der Waals surface area contributed by atoms with E-state index in [4.69, 9.17) is 0 Å². The first-order chi connectivity index (χ1) is 9.81. The van der Waals surface area contributed by atoms with E-state index < -0.39 is 43.0 Å². The zero-order chi connectivity index (χ0) is 15.6. The molecule has 2 rings (SSSR count). The second kappa shape index (κ2) is 5.44. The highest BCUT2D eigenvalue weighted by Gasteiger charge is 2.26. The molecule has 9 heteroatoms. The van der Waals surface area contributed by atoms with Crippen molar-refractivity contribution >= 4 is 15.8 Å². The minimum atomic E-state index is -4.66. The van der Waals surface area contributed by atoms with Gasteiger partial charge >= 0.3 is 15.8 Å². The van der Waals surface area contributed by atoms with Gasteiger partial charge in [0.25, 0.3) is 0 Å². The highest BCUT2D eigenvalue weighted by molar-refractivity contribution is 7.87. The Balaban J connectivity index is 2.49. The molecule has 0 saturated carbocycles. The molecule has 0 aliphatic heterocycles. The minimum Gasteiger partial charge on any atom is -0.371 e. The van der Waals surface area contributed by atoms with E-state index >= 15 is 0 Å². The molecule has 0 aliphatic carbocycles. The summed E-state index contributed by atoms with van der Waals surface area (Å²) in [7, 11) is -4.66. The van der Waals surface area contributed by atoms with Crippen LogP contribution in [0.1, 0.15) is 0 Å². The van der Waals surface area contributed by atoms with E-state index in [0.29, 0.717) is 6.07 Å². The fraction of sp³-hybridized carbons (Fsp3) is 0. The lowest BCUT2D eigenvalue weighted by Gasteiger charge is -2.08. The van der Waals surface area contributed by atoms with E-state index in [-0.39, 0.29) is 0 Å².